The first-order valence-corrected chi connectivity index (χ1v) is 8.88. The number of benzene rings is 1. The van der Waals surface area contributed by atoms with Crippen LogP contribution in [0.25, 0.3) is 0 Å². The molecule has 2 aromatic rings. The third-order valence-corrected chi connectivity index (χ3v) is 5.13. The van der Waals surface area contributed by atoms with Crippen LogP contribution in [-0.4, -0.2) is 34.8 Å². The maximum atomic E-state index is 12.3. The molecule has 142 valence electrons. The number of ether oxygens (including phenoxy) is 1. The topological polar surface area (TPSA) is 90.3 Å². The summed E-state index contributed by atoms with van der Waals surface area (Å²) in [7, 11) is 1.47. The van der Waals surface area contributed by atoms with E-state index in [2.05, 4.69) is 22.5 Å². The fourth-order valence-corrected chi connectivity index (χ4v) is 3.12. The van der Waals surface area contributed by atoms with Gasteiger partial charge in [0.25, 0.3) is 11.5 Å². The molecule has 1 aliphatic rings. The number of esters is 1. The highest BCUT2D eigenvalue weighted by Crippen LogP contribution is 2.47. The van der Waals surface area contributed by atoms with Gasteiger partial charge in [0.15, 0.2) is 6.61 Å². The Morgan fingerprint density at radius 2 is 1.89 bits per heavy atom. The number of nitrogens with one attached hydrogen (secondary N) is 1. The van der Waals surface area contributed by atoms with Crippen molar-refractivity contribution in [1.82, 2.24) is 15.1 Å². The number of amides is 1. The summed E-state index contributed by atoms with van der Waals surface area (Å²) in [6.45, 7) is 3.42. The molecule has 1 heterocycles. The second kappa shape index (κ2) is 7.34. The average molecular weight is 369 g/mol. The predicted octanol–water partition coefficient (Wildman–Crippen LogP) is 1.40. The van der Waals surface area contributed by atoms with Crippen molar-refractivity contribution >= 4 is 11.9 Å². The highest BCUT2D eigenvalue weighted by Gasteiger charge is 2.44. The minimum Gasteiger partial charge on any atom is -0.452 e. The Morgan fingerprint density at radius 3 is 2.52 bits per heavy atom. The van der Waals surface area contributed by atoms with Gasteiger partial charge in [-0.3, -0.25) is 9.59 Å². The van der Waals surface area contributed by atoms with E-state index in [9.17, 15) is 14.4 Å². The molecule has 1 fully saturated rings. The molecule has 1 aliphatic carbocycles. The van der Waals surface area contributed by atoms with Gasteiger partial charge < -0.3 is 10.1 Å². The molecule has 7 heteroatoms. The average Bonchev–Trinajstić information content (AvgIpc) is 3.45. The molecule has 0 aliphatic heterocycles. The molecule has 7 nitrogen and oxygen atoms in total. The van der Waals surface area contributed by atoms with Crippen LogP contribution < -0.4 is 10.9 Å². The molecular formula is C20H23N3O4. The molecule has 1 aromatic carbocycles. The van der Waals surface area contributed by atoms with Crippen LogP contribution in [0.1, 0.15) is 40.0 Å². The fourth-order valence-electron chi connectivity index (χ4n) is 3.12. The van der Waals surface area contributed by atoms with Gasteiger partial charge in [0, 0.05) is 19.0 Å². The van der Waals surface area contributed by atoms with E-state index in [0.29, 0.717) is 17.8 Å². The molecule has 1 amide bonds. The lowest BCUT2D eigenvalue weighted by atomic mass is 9.96. The predicted molar refractivity (Wildman–Crippen MR) is 99.6 cm³/mol. The van der Waals surface area contributed by atoms with Gasteiger partial charge in [0.1, 0.15) is 5.56 Å². The highest BCUT2D eigenvalue weighted by atomic mass is 16.5. The smallest absolute Gasteiger partial charge is 0.344 e. The van der Waals surface area contributed by atoms with E-state index in [4.69, 9.17) is 4.74 Å². The van der Waals surface area contributed by atoms with Gasteiger partial charge >= 0.3 is 5.97 Å². The molecule has 3 rings (SSSR count). The lowest BCUT2D eigenvalue weighted by molar-refractivity contribution is -0.124. The zero-order chi connectivity index (χ0) is 19.6. The van der Waals surface area contributed by atoms with Gasteiger partial charge in [-0.05, 0) is 37.8 Å². The summed E-state index contributed by atoms with van der Waals surface area (Å²) in [6.07, 6.45) is 2.03. The van der Waals surface area contributed by atoms with Crippen molar-refractivity contribution in [2.45, 2.75) is 32.1 Å². The highest BCUT2D eigenvalue weighted by molar-refractivity contribution is 5.92. The first-order valence-electron chi connectivity index (χ1n) is 8.88. The van der Waals surface area contributed by atoms with E-state index < -0.39 is 18.1 Å². The maximum absolute atomic E-state index is 12.3. The monoisotopic (exact) mass is 369 g/mol. The summed E-state index contributed by atoms with van der Waals surface area (Å²) < 4.78 is 6.15. The first-order chi connectivity index (χ1) is 12.8. The van der Waals surface area contributed by atoms with Crippen LogP contribution in [0.5, 0.6) is 0 Å². The standard InChI is InChI=1S/C20H23N3O4/c1-13-14(2)22-23(3)18(25)17(13)19(26)27-11-16(24)21-12-20(9-10-20)15-7-5-4-6-8-15/h4-8H,9-12H2,1-3H3,(H,21,24). The van der Waals surface area contributed by atoms with Gasteiger partial charge in [-0.1, -0.05) is 30.3 Å². The Balaban J connectivity index is 1.57. The van der Waals surface area contributed by atoms with Crippen molar-refractivity contribution in [3.63, 3.8) is 0 Å². The summed E-state index contributed by atoms with van der Waals surface area (Å²) in [6, 6.07) is 10.1. The molecule has 0 saturated heterocycles. The second-order valence-corrected chi connectivity index (χ2v) is 7.01. The largest absolute Gasteiger partial charge is 0.452 e. The molecular weight excluding hydrogens is 346 g/mol. The lowest BCUT2D eigenvalue weighted by Crippen LogP contribution is -2.36. The van der Waals surface area contributed by atoms with E-state index in [1.54, 1.807) is 13.8 Å². The van der Waals surface area contributed by atoms with E-state index in [0.717, 1.165) is 17.5 Å². The van der Waals surface area contributed by atoms with Gasteiger partial charge in [0.2, 0.25) is 0 Å². The van der Waals surface area contributed by atoms with Gasteiger partial charge in [-0.15, -0.1) is 0 Å². The van der Waals surface area contributed by atoms with Crippen LogP contribution in [0, 0.1) is 13.8 Å². The summed E-state index contributed by atoms with van der Waals surface area (Å²) in [5, 5.41) is 6.85. The number of aromatic nitrogens is 2. The van der Waals surface area contributed by atoms with Crippen molar-refractivity contribution in [3.8, 4) is 0 Å². The van der Waals surface area contributed by atoms with Crippen molar-refractivity contribution in [3.05, 3.63) is 63.1 Å². The lowest BCUT2D eigenvalue weighted by Gasteiger charge is -2.16. The minimum atomic E-state index is -0.807. The minimum absolute atomic E-state index is 0.0182. The number of hydrogen-bond donors (Lipinski definition) is 1. The Hall–Kier alpha value is -2.96. The second-order valence-electron chi connectivity index (χ2n) is 7.01. The van der Waals surface area contributed by atoms with Crippen LogP contribution in [0.3, 0.4) is 0 Å². The Bertz CT molecular complexity index is 930. The molecule has 0 atom stereocenters. The van der Waals surface area contributed by atoms with Crippen molar-refractivity contribution < 1.29 is 14.3 Å². The number of rotatable bonds is 6. The van der Waals surface area contributed by atoms with Gasteiger partial charge in [-0.25, -0.2) is 9.48 Å². The number of aryl methyl sites for hydroxylation is 2. The molecule has 0 radical (unpaired) electrons. The molecule has 1 aromatic heterocycles. The molecule has 27 heavy (non-hydrogen) atoms. The summed E-state index contributed by atoms with van der Waals surface area (Å²) in [5.41, 5.74) is 1.59. The van der Waals surface area contributed by atoms with Crippen LogP contribution in [0.4, 0.5) is 0 Å². The zero-order valence-electron chi connectivity index (χ0n) is 15.7. The summed E-state index contributed by atoms with van der Waals surface area (Å²) in [5.74, 6) is -1.19. The summed E-state index contributed by atoms with van der Waals surface area (Å²) >= 11 is 0. The van der Waals surface area contributed by atoms with E-state index in [1.165, 1.54) is 12.6 Å². The third-order valence-electron chi connectivity index (χ3n) is 5.13. The van der Waals surface area contributed by atoms with Crippen molar-refractivity contribution in [2.24, 2.45) is 7.05 Å². The van der Waals surface area contributed by atoms with E-state index in [-0.39, 0.29) is 16.9 Å². The number of hydrogen-bond acceptors (Lipinski definition) is 5. The van der Waals surface area contributed by atoms with E-state index >= 15 is 0 Å². The van der Waals surface area contributed by atoms with Crippen molar-refractivity contribution in [1.29, 1.82) is 0 Å². The molecule has 0 bridgehead atoms. The SMILES string of the molecule is Cc1nn(C)c(=O)c(C(=O)OCC(=O)NCC2(c3ccccc3)CC2)c1C. The fraction of sp³-hybridized carbons (Fsp3) is 0.400. The van der Waals surface area contributed by atoms with E-state index in [1.807, 2.05) is 18.2 Å². The van der Waals surface area contributed by atoms with Crippen LogP contribution in [0.2, 0.25) is 0 Å². The Labute approximate surface area is 157 Å². The first kappa shape index (κ1) is 18.8. The van der Waals surface area contributed by atoms with Crippen LogP contribution in [0.15, 0.2) is 35.1 Å². The number of carbonyl (C=O) groups excluding carboxylic acids is 2. The maximum Gasteiger partial charge on any atom is 0.344 e. The quantitative estimate of drug-likeness (QED) is 0.778. The zero-order valence-corrected chi connectivity index (χ0v) is 15.7. The number of carbonyl (C=O) groups is 2. The molecule has 1 saturated carbocycles. The van der Waals surface area contributed by atoms with Gasteiger partial charge in [0.05, 0.1) is 5.69 Å². The van der Waals surface area contributed by atoms with Crippen LogP contribution in [-0.2, 0) is 22.0 Å². The normalized spacial score (nSPS) is 14.5. The number of nitrogens with zero attached hydrogens (tertiary/aromatic N) is 2. The Kier molecular flexibility index (Phi) is 5.12. The van der Waals surface area contributed by atoms with Crippen LogP contribution >= 0.6 is 0 Å². The van der Waals surface area contributed by atoms with Crippen molar-refractivity contribution in [2.75, 3.05) is 13.2 Å². The third kappa shape index (κ3) is 3.92. The Morgan fingerprint density at radius 1 is 1.22 bits per heavy atom. The molecule has 1 N–H and O–H groups in total. The molecule has 0 unspecified atom stereocenters. The molecule has 0 spiro atoms. The summed E-state index contributed by atoms with van der Waals surface area (Å²) in [4.78, 5) is 36.5. The van der Waals surface area contributed by atoms with Gasteiger partial charge in [-0.2, -0.15) is 5.10 Å².